The van der Waals surface area contributed by atoms with E-state index in [0.29, 0.717) is 10.9 Å². The number of ether oxygens (including phenoxy) is 3. The number of amides is 2. The van der Waals surface area contributed by atoms with Crippen LogP contribution in [0.3, 0.4) is 0 Å². The average Bonchev–Trinajstić information content (AvgIpc) is 3.64. The lowest BCUT2D eigenvalue weighted by molar-refractivity contribution is -0.168. The smallest absolute Gasteiger partial charge is 0.435 e. The number of aromatic nitrogens is 1. The fourth-order valence-electron chi connectivity index (χ4n) is 5.98. The van der Waals surface area contributed by atoms with Crippen LogP contribution in [-0.2, 0) is 39.0 Å². The van der Waals surface area contributed by atoms with Gasteiger partial charge in [0.05, 0.1) is 6.61 Å². The molecule has 1 saturated heterocycles. The van der Waals surface area contributed by atoms with E-state index in [4.69, 9.17) is 24.0 Å². The molecule has 6 rings (SSSR count). The van der Waals surface area contributed by atoms with Gasteiger partial charge in [-0.1, -0.05) is 96.2 Å². The Kier molecular flexibility index (Phi) is 11.7. The Morgan fingerprint density at radius 2 is 1.53 bits per heavy atom. The van der Waals surface area contributed by atoms with Gasteiger partial charge in [-0.3, -0.25) is 14.5 Å². The van der Waals surface area contributed by atoms with E-state index in [1.165, 1.54) is 34.9 Å². The number of carbonyl (C=O) groups is 4. The first-order valence-corrected chi connectivity index (χ1v) is 18.8. The molecule has 13 nitrogen and oxygen atoms in total. The van der Waals surface area contributed by atoms with E-state index in [1.54, 1.807) is 25.3 Å². The highest BCUT2D eigenvalue weighted by Crippen LogP contribution is 2.41. The van der Waals surface area contributed by atoms with Gasteiger partial charge in [-0.15, -0.1) is 23.1 Å². The van der Waals surface area contributed by atoms with E-state index >= 15 is 0 Å². The second-order valence-electron chi connectivity index (χ2n) is 11.6. The van der Waals surface area contributed by atoms with Crippen molar-refractivity contribution in [2.75, 3.05) is 24.3 Å². The molecule has 3 atom stereocenters. The number of esters is 1. The number of anilines is 1. The van der Waals surface area contributed by atoms with Gasteiger partial charge >= 0.3 is 12.1 Å². The molecule has 0 radical (unpaired) electrons. The molecule has 15 heteroatoms. The van der Waals surface area contributed by atoms with E-state index in [-0.39, 0.29) is 30.3 Å². The van der Waals surface area contributed by atoms with Gasteiger partial charge in [0.2, 0.25) is 6.29 Å². The number of fused-ring (bicyclic) bond motifs is 1. The Bertz CT molecular complexity index is 1890. The first-order valence-electron chi connectivity index (χ1n) is 16.9. The van der Waals surface area contributed by atoms with E-state index in [1.807, 2.05) is 54.6 Å². The van der Waals surface area contributed by atoms with Gasteiger partial charge in [-0.2, -0.15) is 0 Å². The van der Waals surface area contributed by atoms with Crippen molar-refractivity contribution in [3.63, 3.8) is 0 Å². The maximum absolute atomic E-state index is 13.8. The predicted molar refractivity (Wildman–Crippen MR) is 200 cm³/mol. The summed E-state index contributed by atoms with van der Waals surface area (Å²) in [4.78, 5) is 63.2. The standard InChI is InChI=1S/C38H37N5O8S2/c1-4-48-37(47)51-24(3)50-35(46)29-21-22-52-34-31(33(45)43(29)34)40-32(44)30(42-49-5-2)28-23-53-36(39-28)41-38(25-15-9-6-10-16-25,26-17-11-7-12-18-26)27-19-13-8-14-20-27/h6-21,23-24,31,34H,4-5,22H2,1-3H3,(H,39,41)(H,40,44)/b42-30+/t24?,31?,34-/m1/s1. The quantitative estimate of drug-likeness (QED) is 0.0410. The topological polar surface area (TPSA) is 158 Å². The number of oxime groups is 1. The molecule has 53 heavy (non-hydrogen) atoms. The molecule has 3 aromatic carbocycles. The van der Waals surface area contributed by atoms with Gasteiger partial charge in [0, 0.05) is 18.1 Å². The molecule has 1 fully saturated rings. The highest BCUT2D eigenvalue weighted by molar-refractivity contribution is 8.00. The average molecular weight is 756 g/mol. The summed E-state index contributed by atoms with van der Waals surface area (Å²) >= 11 is 2.66. The van der Waals surface area contributed by atoms with E-state index in [2.05, 4.69) is 52.2 Å². The Labute approximate surface area is 314 Å². The van der Waals surface area contributed by atoms with Gasteiger partial charge in [0.1, 0.15) is 35.0 Å². The number of benzene rings is 3. The lowest BCUT2D eigenvalue weighted by Crippen LogP contribution is -2.70. The Morgan fingerprint density at radius 3 is 2.09 bits per heavy atom. The van der Waals surface area contributed by atoms with Crippen LogP contribution in [0.25, 0.3) is 0 Å². The van der Waals surface area contributed by atoms with Gasteiger partial charge in [0.15, 0.2) is 10.8 Å². The molecule has 0 spiro atoms. The molecule has 274 valence electrons. The maximum atomic E-state index is 13.8. The predicted octanol–water partition coefficient (Wildman–Crippen LogP) is 5.63. The molecule has 4 aromatic rings. The fourth-order valence-corrected chi connectivity index (χ4v) is 7.92. The van der Waals surface area contributed by atoms with E-state index < -0.39 is 47.2 Å². The minimum Gasteiger partial charge on any atom is -0.435 e. The monoisotopic (exact) mass is 755 g/mol. The molecule has 0 saturated carbocycles. The second kappa shape index (κ2) is 16.8. The SMILES string of the molecule is CCO/N=C(/C(=O)NC1C(=O)N2C(C(=O)OC(C)OC(=O)OCC)=CCS[C@H]12)c1csc(NC(c2ccccc2)(c2ccccc2)c2ccccc2)n1. The number of β-lactam (4-membered cyclic amide) rings is 1. The molecule has 1 aromatic heterocycles. The van der Waals surface area contributed by atoms with Crippen LogP contribution in [0.1, 0.15) is 43.2 Å². The van der Waals surface area contributed by atoms with Crippen LogP contribution in [0.4, 0.5) is 9.93 Å². The molecule has 0 bridgehead atoms. The number of hydrogen-bond donors (Lipinski definition) is 2. The van der Waals surface area contributed by atoms with Gasteiger partial charge in [0.25, 0.3) is 11.8 Å². The summed E-state index contributed by atoms with van der Waals surface area (Å²) in [5.41, 5.74) is 2.19. The number of nitrogens with one attached hydrogen (secondary N) is 2. The number of rotatable bonds is 14. The number of thiazole rings is 1. The highest BCUT2D eigenvalue weighted by atomic mass is 32.2. The van der Waals surface area contributed by atoms with Crippen molar-refractivity contribution in [1.29, 1.82) is 0 Å². The number of carbonyl (C=O) groups excluding carboxylic acids is 4. The molecule has 2 aliphatic rings. The normalized spacial score (nSPS) is 17.3. The van der Waals surface area contributed by atoms with Crippen molar-refractivity contribution in [3.05, 3.63) is 131 Å². The third kappa shape index (κ3) is 7.90. The van der Waals surface area contributed by atoms with Crippen LogP contribution in [0.15, 0.2) is 113 Å². The zero-order chi connectivity index (χ0) is 37.4. The van der Waals surface area contributed by atoms with Crippen molar-refractivity contribution in [1.82, 2.24) is 15.2 Å². The Hall–Kier alpha value is -5.67. The molecule has 0 aliphatic carbocycles. The van der Waals surface area contributed by atoms with Crippen LogP contribution in [0, 0.1) is 0 Å². The van der Waals surface area contributed by atoms with Crippen LogP contribution >= 0.6 is 23.1 Å². The lowest BCUT2D eigenvalue weighted by Gasteiger charge is -2.48. The summed E-state index contributed by atoms with van der Waals surface area (Å²) in [6.45, 7) is 4.98. The summed E-state index contributed by atoms with van der Waals surface area (Å²) in [5.74, 6) is -1.69. The van der Waals surface area contributed by atoms with Crippen LogP contribution < -0.4 is 10.6 Å². The third-order valence-corrected chi connectivity index (χ3v) is 10.2. The minimum absolute atomic E-state index is 0.0132. The summed E-state index contributed by atoms with van der Waals surface area (Å²) in [5, 5.41) is 12.2. The van der Waals surface area contributed by atoms with E-state index in [0.717, 1.165) is 16.7 Å². The largest absolute Gasteiger partial charge is 0.511 e. The van der Waals surface area contributed by atoms with Crippen LogP contribution in [0.2, 0.25) is 0 Å². The van der Waals surface area contributed by atoms with Gasteiger partial charge in [-0.25, -0.2) is 14.6 Å². The summed E-state index contributed by atoms with van der Waals surface area (Å²) in [6, 6.07) is 29.1. The number of hydrogen-bond acceptors (Lipinski definition) is 13. The van der Waals surface area contributed by atoms with Crippen molar-refractivity contribution < 1.29 is 38.2 Å². The van der Waals surface area contributed by atoms with Crippen LogP contribution in [0.5, 0.6) is 0 Å². The molecule has 2 N–H and O–H groups in total. The molecule has 2 aliphatic heterocycles. The lowest BCUT2D eigenvalue weighted by atomic mass is 9.77. The zero-order valence-electron chi connectivity index (χ0n) is 29.1. The summed E-state index contributed by atoms with van der Waals surface area (Å²) in [7, 11) is 0. The van der Waals surface area contributed by atoms with Crippen molar-refractivity contribution in [2.24, 2.45) is 5.16 Å². The third-order valence-electron chi connectivity index (χ3n) is 8.30. The zero-order valence-corrected chi connectivity index (χ0v) is 30.7. The fraction of sp³-hybridized carbons (Fsp3) is 0.263. The molecule has 2 amide bonds. The Morgan fingerprint density at radius 1 is 0.925 bits per heavy atom. The van der Waals surface area contributed by atoms with Crippen molar-refractivity contribution in [2.45, 2.75) is 44.0 Å². The summed E-state index contributed by atoms with van der Waals surface area (Å²) < 4.78 is 14.8. The molecule has 3 heterocycles. The highest BCUT2D eigenvalue weighted by Gasteiger charge is 2.53. The maximum Gasteiger partial charge on any atom is 0.511 e. The van der Waals surface area contributed by atoms with Crippen molar-refractivity contribution in [3.8, 4) is 0 Å². The van der Waals surface area contributed by atoms with Crippen LogP contribution in [-0.4, -0.2) is 76.2 Å². The molecular weight excluding hydrogens is 719 g/mol. The number of nitrogens with zero attached hydrogens (tertiary/aromatic N) is 3. The minimum atomic E-state index is -1.25. The van der Waals surface area contributed by atoms with E-state index in [9.17, 15) is 19.2 Å². The second-order valence-corrected chi connectivity index (χ2v) is 13.6. The molecule has 2 unspecified atom stereocenters. The number of thioether (sulfide) groups is 1. The first-order chi connectivity index (χ1) is 25.8. The molecular formula is C38H37N5O8S2. The van der Waals surface area contributed by atoms with Crippen molar-refractivity contribution >= 4 is 57.9 Å². The Balaban J connectivity index is 1.22. The van der Waals surface area contributed by atoms with Gasteiger partial charge < -0.3 is 29.7 Å². The first kappa shape index (κ1) is 37.1. The van der Waals surface area contributed by atoms with Gasteiger partial charge in [-0.05, 0) is 36.6 Å². The summed E-state index contributed by atoms with van der Waals surface area (Å²) in [6.07, 6.45) is -0.699.